The number of carboxylic acid groups (broad SMARTS) is 1. The topological polar surface area (TPSA) is 140 Å². The van der Waals surface area contributed by atoms with Gasteiger partial charge in [0.1, 0.15) is 6.07 Å². The molecule has 1 saturated carbocycles. The lowest BCUT2D eigenvalue weighted by molar-refractivity contribution is 0.191. The van der Waals surface area contributed by atoms with E-state index in [9.17, 15) is 15.2 Å². The van der Waals surface area contributed by atoms with Gasteiger partial charge >= 0.3 is 6.09 Å². The van der Waals surface area contributed by atoms with Gasteiger partial charge in [-0.3, -0.25) is 5.01 Å². The van der Waals surface area contributed by atoms with Gasteiger partial charge in [-0.15, -0.1) is 0 Å². The number of aliphatic hydroxyl groups excluding tert-OH is 1. The molecule has 1 fully saturated rings. The number of hydrogen-bond donors (Lipinski definition) is 3. The standard InChI is InChI=1S/C14H17N7O3/c15-7-10-17-12-11(16-8-20(12)5-6-22)13(18-10)21(19-14(23)24)9-3-1-2-4-9/h8-9,19,22H,1-6H2,(H,23,24). The number of amides is 1. The van der Waals surface area contributed by atoms with Crippen LogP contribution in [0.1, 0.15) is 31.5 Å². The van der Waals surface area contributed by atoms with Crippen molar-refractivity contribution in [1.29, 1.82) is 5.26 Å². The Morgan fingerprint density at radius 1 is 1.46 bits per heavy atom. The predicted octanol–water partition coefficient (Wildman–Crippen LogP) is 0.622. The minimum absolute atomic E-state index is 0.0475. The summed E-state index contributed by atoms with van der Waals surface area (Å²) in [5, 5.41) is 29.0. The van der Waals surface area contributed by atoms with Crippen LogP contribution in [0.25, 0.3) is 11.2 Å². The molecule has 0 saturated heterocycles. The van der Waals surface area contributed by atoms with Crippen LogP contribution in [0, 0.1) is 11.3 Å². The number of nitrogens with zero attached hydrogens (tertiary/aromatic N) is 6. The first kappa shape index (κ1) is 15.9. The van der Waals surface area contributed by atoms with Gasteiger partial charge in [0.05, 0.1) is 19.0 Å². The van der Waals surface area contributed by atoms with Gasteiger partial charge in [0.25, 0.3) is 0 Å². The first-order valence-electron chi connectivity index (χ1n) is 7.66. The molecule has 24 heavy (non-hydrogen) atoms. The Hall–Kier alpha value is -2.93. The average molecular weight is 331 g/mol. The van der Waals surface area contributed by atoms with Gasteiger partial charge < -0.3 is 14.8 Å². The molecule has 0 aliphatic heterocycles. The number of aromatic nitrogens is 4. The van der Waals surface area contributed by atoms with Gasteiger partial charge in [-0.25, -0.2) is 15.2 Å². The van der Waals surface area contributed by atoms with Crippen LogP contribution in [0.4, 0.5) is 10.6 Å². The maximum Gasteiger partial charge on any atom is 0.423 e. The number of rotatable bonds is 5. The second-order valence-electron chi connectivity index (χ2n) is 5.54. The van der Waals surface area contributed by atoms with Crippen LogP contribution < -0.4 is 10.4 Å². The summed E-state index contributed by atoms with van der Waals surface area (Å²) in [7, 11) is 0. The summed E-state index contributed by atoms with van der Waals surface area (Å²) in [6.07, 6.45) is 3.94. The molecule has 0 atom stereocenters. The minimum atomic E-state index is -1.21. The average Bonchev–Trinajstić information content (AvgIpc) is 3.22. The maximum absolute atomic E-state index is 11.2. The Balaban J connectivity index is 2.14. The van der Waals surface area contributed by atoms with Crippen molar-refractivity contribution in [3.63, 3.8) is 0 Å². The van der Waals surface area contributed by atoms with E-state index in [1.807, 2.05) is 6.07 Å². The molecular formula is C14H17N7O3. The molecule has 0 unspecified atom stereocenters. The summed E-state index contributed by atoms with van der Waals surface area (Å²) in [5.74, 6) is 0.190. The number of fused-ring (bicyclic) bond motifs is 1. The molecule has 1 aliphatic rings. The van der Waals surface area contributed by atoms with Gasteiger partial charge in [0.2, 0.25) is 5.82 Å². The molecule has 3 rings (SSSR count). The third kappa shape index (κ3) is 2.93. The first-order valence-corrected chi connectivity index (χ1v) is 7.66. The van der Waals surface area contributed by atoms with E-state index >= 15 is 0 Å². The summed E-state index contributed by atoms with van der Waals surface area (Å²) in [5.41, 5.74) is 3.16. The highest BCUT2D eigenvalue weighted by Crippen LogP contribution is 2.29. The van der Waals surface area contributed by atoms with Crippen molar-refractivity contribution in [2.45, 2.75) is 38.3 Å². The molecular weight excluding hydrogens is 314 g/mol. The Morgan fingerprint density at radius 2 is 2.21 bits per heavy atom. The third-order valence-corrected chi connectivity index (χ3v) is 4.02. The molecule has 2 aromatic heterocycles. The third-order valence-electron chi connectivity index (χ3n) is 4.02. The van der Waals surface area contributed by atoms with Gasteiger partial charge in [0.15, 0.2) is 17.0 Å². The van der Waals surface area contributed by atoms with E-state index in [-0.39, 0.29) is 30.8 Å². The van der Waals surface area contributed by atoms with Gasteiger partial charge in [-0.05, 0) is 12.8 Å². The molecule has 1 aliphatic carbocycles. The first-order chi connectivity index (χ1) is 11.6. The molecule has 0 aromatic carbocycles. The number of nitrogens with one attached hydrogen (secondary N) is 1. The minimum Gasteiger partial charge on any atom is -0.464 e. The van der Waals surface area contributed by atoms with Crippen molar-refractivity contribution < 1.29 is 15.0 Å². The number of hydrazine groups is 1. The van der Waals surface area contributed by atoms with E-state index in [2.05, 4.69) is 20.4 Å². The number of carbonyl (C=O) groups is 1. The lowest BCUT2D eigenvalue weighted by Crippen LogP contribution is -2.48. The number of anilines is 1. The zero-order valence-corrected chi connectivity index (χ0v) is 12.9. The van der Waals surface area contributed by atoms with E-state index in [0.29, 0.717) is 11.2 Å². The fraction of sp³-hybridized carbons (Fsp3) is 0.500. The highest BCUT2D eigenvalue weighted by atomic mass is 16.4. The number of hydrogen-bond acceptors (Lipinski definition) is 7. The van der Waals surface area contributed by atoms with Crippen LogP contribution in [0.3, 0.4) is 0 Å². The van der Waals surface area contributed by atoms with E-state index < -0.39 is 6.09 Å². The van der Waals surface area contributed by atoms with Crippen molar-refractivity contribution in [1.82, 2.24) is 24.9 Å². The van der Waals surface area contributed by atoms with E-state index in [4.69, 9.17) is 5.11 Å². The monoisotopic (exact) mass is 331 g/mol. The van der Waals surface area contributed by atoms with Gasteiger partial charge in [-0.2, -0.15) is 15.2 Å². The van der Waals surface area contributed by atoms with E-state index in [1.165, 1.54) is 11.3 Å². The van der Waals surface area contributed by atoms with Gasteiger partial charge in [0, 0.05) is 6.54 Å². The molecule has 0 bridgehead atoms. The Labute approximate surface area is 137 Å². The van der Waals surface area contributed by atoms with E-state index in [1.54, 1.807) is 4.57 Å². The second kappa shape index (κ2) is 6.67. The van der Waals surface area contributed by atoms with Crippen molar-refractivity contribution >= 4 is 23.1 Å². The normalized spacial score (nSPS) is 14.7. The summed E-state index contributed by atoms with van der Waals surface area (Å²) < 4.78 is 1.61. The number of imidazole rings is 1. The van der Waals surface area contributed by atoms with Crippen molar-refractivity contribution in [3.05, 3.63) is 12.2 Å². The molecule has 2 aromatic rings. The summed E-state index contributed by atoms with van der Waals surface area (Å²) in [6.45, 7) is 0.167. The molecule has 1 amide bonds. The van der Waals surface area contributed by atoms with Crippen LogP contribution in [0.2, 0.25) is 0 Å². The lowest BCUT2D eigenvalue weighted by atomic mass is 10.2. The summed E-state index contributed by atoms with van der Waals surface area (Å²) in [4.78, 5) is 23.8. The SMILES string of the molecule is N#Cc1nc(N(NC(=O)O)C2CCCC2)c2ncn(CCO)c2n1. The quantitative estimate of drug-likeness (QED) is 0.677. The molecule has 3 N–H and O–H groups in total. The Kier molecular flexibility index (Phi) is 4.43. The highest BCUT2D eigenvalue weighted by molar-refractivity contribution is 5.85. The van der Waals surface area contributed by atoms with Crippen LogP contribution in [0.15, 0.2) is 6.33 Å². The van der Waals surface area contributed by atoms with Crippen LogP contribution in [0.5, 0.6) is 0 Å². The summed E-state index contributed by atoms with van der Waals surface area (Å²) >= 11 is 0. The van der Waals surface area contributed by atoms with Crippen molar-refractivity contribution in [2.24, 2.45) is 0 Å². The highest BCUT2D eigenvalue weighted by Gasteiger charge is 2.28. The molecule has 0 spiro atoms. The maximum atomic E-state index is 11.2. The van der Waals surface area contributed by atoms with Crippen molar-refractivity contribution in [3.8, 4) is 6.07 Å². The number of nitriles is 1. The summed E-state index contributed by atoms with van der Waals surface area (Å²) in [6, 6.07) is 1.84. The molecule has 0 radical (unpaired) electrons. The molecule has 10 nitrogen and oxygen atoms in total. The van der Waals surface area contributed by atoms with E-state index in [0.717, 1.165) is 25.7 Å². The Morgan fingerprint density at radius 3 is 2.83 bits per heavy atom. The largest absolute Gasteiger partial charge is 0.464 e. The zero-order chi connectivity index (χ0) is 17.1. The number of aliphatic hydroxyl groups is 1. The second-order valence-corrected chi connectivity index (χ2v) is 5.54. The molecule has 126 valence electrons. The van der Waals surface area contributed by atoms with Crippen LogP contribution in [-0.4, -0.2) is 48.5 Å². The fourth-order valence-electron chi connectivity index (χ4n) is 3.00. The molecule has 10 heteroatoms. The van der Waals surface area contributed by atoms with Crippen molar-refractivity contribution in [2.75, 3.05) is 11.6 Å². The fourth-order valence-corrected chi connectivity index (χ4v) is 3.00. The predicted molar refractivity (Wildman–Crippen MR) is 83.0 cm³/mol. The Bertz CT molecular complexity index is 791. The zero-order valence-electron chi connectivity index (χ0n) is 12.9. The smallest absolute Gasteiger partial charge is 0.423 e. The van der Waals surface area contributed by atoms with Crippen LogP contribution in [-0.2, 0) is 6.54 Å². The lowest BCUT2D eigenvalue weighted by Gasteiger charge is -2.28. The molecule has 2 heterocycles. The van der Waals surface area contributed by atoms with Crippen LogP contribution >= 0.6 is 0 Å². The van der Waals surface area contributed by atoms with Gasteiger partial charge in [-0.1, -0.05) is 12.8 Å².